The van der Waals surface area contributed by atoms with Crippen molar-refractivity contribution in [1.82, 2.24) is 9.80 Å². The molecule has 168 valence electrons. The van der Waals surface area contributed by atoms with Gasteiger partial charge in [0, 0.05) is 32.4 Å². The minimum absolute atomic E-state index is 0.0332. The van der Waals surface area contributed by atoms with Crippen LogP contribution >= 0.6 is 11.9 Å². The summed E-state index contributed by atoms with van der Waals surface area (Å²) in [6.07, 6.45) is 2.91. The van der Waals surface area contributed by atoms with Crippen molar-refractivity contribution in [3.05, 3.63) is 65.2 Å². The molecule has 2 aromatic carbocycles. The van der Waals surface area contributed by atoms with Crippen LogP contribution < -0.4 is 3.71 Å². The third kappa shape index (κ3) is 5.74. The maximum absolute atomic E-state index is 12.9. The van der Waals surface area contributed by atoms with Gasteiger partial charge in [0.15, 0.2) is 0 Å². The normalized spacial score (nSPS) is 14.9. The summed E-state index contributed by atoms with van der Waals surface area (Å²) in [6, 6.07) is 15.8. The summed E-state index contributed by atoms with van der Waals surface area (Å²) in [7, 11) is -3.34. The Morgan fingerprint density at radius 1 is 0.903 bits per heavy atom. The number of carbonyl (C=O) groups is 1. The number of anilines is 1. The van der Waals surface area contributed by atoms with E-state index < -0.39 is 10.0 Å². The standard InChI is InChI=1S/C23H31N3O3S2/c1-23(2,3)20-10-6-18(7-11-20)16-24-14-15-25(22(24)27)17-19-8-12-21(13-9-19)26(30-4)31(5,28)29/h6-13H,14-17H2,1-5H3. The molecule has 0 bridgehead atoms. The number of hydrogen-bond donors (Lipinski definition) is 0. The highest BCUT2D eigenvalue weighted by molar-refractivity contribution is 8.14. The Balaban J connectivity index is 1.61. The molecule has 0 atom stereocenters. The van der Waals surface area contributed by atoms with Gasteiger partial charge in [-0.2, -0.15) is 0 Å². The van der Waals surface area contributed by atoms with Gasteiger partial charge in [0.2, 0.25) is 10.0 Å². The molecule has 1 aliphatic rings. The van der Waals surface area contributed by atoms with Crippen molar-refractivity contribution >= 4 is 33.7 Å². The Kier molecular flexibility index (Phi) is 6.91. The number of carbonyl (C=O) groups excluding carboxylic acids is 1. The molecule has 0 N–H and O–H groups in total. The smallest absolute Gasteiger partial charge is 0.319 e. The van der Waals surface area contributed by atoms with Gasteiger partial charge in [0.25, 0.3) is 0 Å². The number of amides is 2. The summed E-state index contributed by atoms with van der Waals surface area (Å²) in [4.78, 5) is 16.6. The predicted octanol–water partition coefficient (Wildman–Crippen LogP) is 4.47. The molecule has 3 rings (SSSR count). The van der Waals surface area contributed by atoms with Gasteiger partial charge in [-0.1, -0.05) is 57.2 Å². The molecule has 0 spiro atoms. The zero-order valence-corrected chi connectivity index (χ0v) is 20.5. The highest BCUT2D eigenvalue weighted by Gasteiger charge is 2.28. The largest absolute Gasteiger partial charge is 0.320 e. The molecule has 0 unspecified atom stereocenters. The first kappa shape index (κ1) is 23.5. The van der Waals surface area contributed by atoms with E-state index in [2.05, 4.69) is 45.0 Å². The molecule has 0 radical (unpaired) electrons. The van der Waals surface area contributed by atoms with E-state index in [0.717, 1.165) is 23.1 Å². The molecule has 1 heterocycles. The van der Waals surface area contributed by atoms with E-state index in [9.17, 15) is 13.2 Å². The molecule has 2 aromatic rings. The fourth-order valence-electron chi connectivity index (χ4n) is 3.63. The second-order valence-corrected chi connectivity index (χ2v) is 11.7. The van der Waals surface area contributed by atoms with Crippen LogP contribution in [-0.4, -0.2) is 49.8 Å². The lowest BCUT2D eigenvalue weighted by atomic mass is 9.87. The summed E-state index contributed by atoms with van der Waals surface area (Å²) in [5.41, 5.74) is 4.10. The van der Waals surface area contributed by atoms with Crippen molar-refractivity contribution in [2.24, 2.45) is 0 Å². The fourth-order valence-corrected chi connectivity index (χ4v) is 5.55. The fraction of sp³-hybridized carbons (Fsp3) is 0.435. The summed E-state index contributed by atoms with van der Waals surface area (Å²) < 4.78 is 25.0. The molecule has 8 heteroatoms. The summed E-state index contributed by atoms with van der Waals surface area (Å²) in [5.74, 6) is 0. The van der Waals surface area contributed by atoms with E-state index in [-0.39, 0.29) is 11.4 Å². The quantitative estimate of drug-likeness (QED) is 0.571. The van der Waals surface area contributed by atoms with Gasteiger partial charge in [-0.05, 0) is 46.2 Å². The maximum atomic E-state index is 12.9. The molecule has 2 amide bonds. The highest BCUT2D eigenvalue weighted by atomic mass is 32.3. The number of hydrogen-bond acceptors (Lipinski definition) is 4. The molecule has 0 saturated carbocycles. The third-order valence-corrected chi connectivity index (χ3v) is 7.98. The first-order valence-corrected chi connectivity index (χ1v) is 13.3. The van der Waals surface area contributed by atoms with E-state index in [1.807, 2.05) is 21.9 Å². The lowest BCUT2D eigenvalue weighted by molar-refractivity contribution is 0.189. The van der Waals surface area contributed by atoms with Gasteiger partial charge in [0.1, 0.15) is 0 Å². The van der Waals surface area contributed by atoms with Crippen LogP contribution in [0.4, 0.5) is 10.5 Å². The van der Waals surface area contributed by atoms with Gasteiger partial charge in [-0.15, -0.1) is 0 Å². The Morgan fingerprint density at radius 2 is 1.35 bits per heavy atom. The second-order valence-electron chi connectivity index (χ2n) is 8.91. The van der Waals surface area contributed by atoms with E-state index in [4.69, 9.17) is 0 Å². The Morgan fingerprint density at radius 3 is 1.74 bits per heavy atom. The summed E-state index contributed by atoms with van der Waals surface area (Å²) in [5, 5.41) is 0. The Labute approximate surface area is 190 Å². The number of sulfonamides is 1. The Hall–Kier alpha value is -2.19. The molecule has 0 aromatic heterocycles. The number of nitrogens with zero attached hydrogens (tertiary/aromatic N) is 3. The van der Waals surface area contributed by atoms with Crippen molar-refractivity contribution in [1.29, 1.82) is 0 Å². The van der Waals surface area contributed by atoms with Crippen molar-refractivity contribution in [3.8, 4) is 0 Å². The van der Waals surface area contributed by atoms with E-state index >= 15 is 0 Å². The monoisotopic (exact) mass is 461 g/mol. The van der Waals surface area contributed by atoms with E-state index in [1.165, 1.54) is 15.5 Å². The van der Waals surface area contributed by atoms with Crippen molar-refractivity contribution < 1.29 is 13.2 Å². The van der Waals surface area contributed by atoms with Crippen LogP contribution in [0, 0.1) is 0 Å². The van der Waals surface area contributed by atoms with Crippen molar-refractivity contribution in [3.63, 3.8) is 0 Å². The van der Waals surface area contributed by atoms with Crippen LogP contribution in [0.3, 0.4) is 0 Å². The van der Waals surface area contributed by atoms with E-state index in [1.54, 1.807) is 18.4 Å². The van der Waals surface area contributed by atoms with Crippen molar-refractivity contribution in [2.45, 2.75) is 39.3 Å². The van der Waals surface area contributed by atoms with Crippen LogP contribution in [0.1, 0.15) is 37.5 Å². The molecular weight excluding hydrogens is 430 g/mol. The first-order valence-electron chi connectivity index (χ1n) is 10.3. The zero-order chi connectivity index (χ0) is 22.8. The number of benzene rings is 2. The molecule has 6 nitrogen and oxygen atoms in total. The predicted molar refractivity (Wildman–Crippen MR) is 129 cm³/mol. The third-order valence-electron chi connectivity index (χ3n) is 5.36. The molecule has 31 heavy (non-hydrogen) atoms. The van der Waals surface area contributed by atoms with Gasteiger partial charge in [0.05, 0.1) is 11.9 Å². The minimum atomic E-state index is -3.34. The number of rotatable bonds is 7. The van der Waals surface area contributed by atoms with Crippen LogP contribution in [0.2, 0.25) is 0 Å². The molecule has 1 fully saturated rings. The zero-order valence-electron chi connectivity index (χ0n) is 18.8. The number of urea groups is 1. The molecule has 1 aliphatic heterocycles. The van der Waals surface area contributed by atoms with Crippen LogP contribution in [0.5, 0.6) is 0 Å². The van der Waals surface area contributed by atoms with Gasteiger partial charge in [-0.25, -0.2) is 16.9 Å². The summed E-state index contributed by atoms with van der Waals surface area (Å²) in [6.45, 7) is 9.07. The van der Waals surface area contributed by atoms with Crippen LogP contribution in [0.15, 0.2) is 48.5 Å². The average Bonchev–Trinajstić information content (AvgIpc) is 3.02. The molecular formula is C23H31N3O3S2. The SMILES string of the molecule is CSN(c1ccc(CN2CCN(Cc3ccc(C(C)(C)C)cc3)C2=O)cc1)S(C)(=O)=O. The Bertz CT molecular complexity index is 1010. The topological polar surface area (TPSA) is 60.9 Å². The second kappa shape index (κ2) is 9.12. The van der Waals surface area contributed by atoms with Gasteiger partial charge in [-0.3, -0.25) is 0 Å². The maximum Gasteiger partial charge on any atom is 0.320 e. The first-order chi connectivity index (χ1) is 14.5. The lowest BCUT2D eigenvalue weighted by Gasteiger charge is -2.21. The highest BCUT2D eigenvalue weighted by Crippen LogP contribution is 2.26. The lowest BCUT2D eigenvalue weighted by Crippen LogP contribution is -2.31. The van der Waals surface area contributed by atoms with Gasteiger partial charge >= 0.3 is 6.03 Å². The van der Waals surface area contributed by atoms with Crippen LogP contribution in [0.25, 0.3) is 0 Å². The minimum Gasteiger partial charge on any atom is -0.319 e. The van der Waals surface area contributed by atoms with Gasteiger partial charge < -0.3 is 9.80 Å². The molecule has 0 aliphatic carbocycles. The van der Waals surface area contributed by atoms with E-state index in [0.29, 0.717) is 31.9 Å². The summed E-state index contributed by atoms with van der Waals surface area (Å²) >= 11 is 1.15. The average molecular weight is 462 g/mol. The van der Waals surface area contributed by atoms with Crippen LogP contribution in [-0.2, 0) is 28.5 Å². The molecule has 1 saturated heterocycles. The van der Waals surface area contributed by atoms with Crippen molar-refractivity contribution in [2.75, 3.05) is 29.3 Å².